The zero-order valence-electron chi connectivity index (χ0n) is 6.00. The molecule has 0 rings (SSSR count). The Kier molecular flexibility index (Phi) is 11.4. The molecule has 0 amide bonds. The van der Waals surface area contributed by atoms with Crippen molar-refractivity contribution < 1.29 is 38.9 Å². The third-order valence-corrected chi connectivity index (χ3v) is 0.657. The topological polar surface area (TPSA) is 55.8 Å². The first-order valence-corrected chi connectivity index (χ1v) is 2.56. The number of aliphatic carboxylic acids is 1. The van der Waals surface area contributed by atoms with Crippen LogP contribution in [0.4, 0.5) is 0 Å². The minimum atomic E-state index is -0.953. The van der Waals surface area contributed by atoms with E-state index in [0.717, 1.165) is 0 Å². The van der Waals surface area contributed by atoms with Gasteiger partial charge < -0.3 is 14.6 Å². The maximum Gasteiger partial charge on any atom is 2.00 e. The summed E-state index contributed by atoms with van der Waals surface area (Å²) in [5.74, 6) is -0.953. The van der Waals surface area contributed by atoms with E-state index in [4.69, 9.17) is 5.11 Å². The molecule has 0 radical (unpaired) electrons. The zero-order chi connectivity index (χ0) is 7.11. The van der Waals surface area contributed by atoms with Gasteiger partial charge in [0.25, 0.3) is 0 Å². The van der Waals surface area contributed by atoms with Crippen molar-refractivity contribution in [3.8, 4) is 0 Å². The van der Waals surface area contributed by atoms with Gasteiger partial charge in [0.1, 0.15) is 6.61 Å². The quantitative estimate of drug-likeness (QED) is 0.489. The van der Waals surface area contributed by atoms with Gasteiger partial charge in [0.15, 0.2) is 0 Å². The molecule has 0 atom stereocenters. The van der Waals surface area contributed by atoms with E-state index in [2.05, 4.69) is 9.47 Å². The summed E-state index contributed by atoms with van der Waals surface area (Å²) in [6, 6.07) is 0. The Balaban J connectivity index is 0. The van der Waals surface area contributed by atoms with E-state index in [1.165, 1.54) is 7.11 Å². The van der Waals surface area contributed by atoms with Gasteiger partial charge in [0.2, 0.25) is 0 Å². The number of rotatable bonds is 5. The Hall–Kier alpha value is 0.0134. The van der Waals surface area contributed by atoms with Crippen LogP contribution in [-0.4, -0.2) is 38.0 Å². The summed E-state index contributed by atoms with van der Waals surface area (Å²) in [5.41, 5.74) is 0. The molecule has 0 aliphatic rings. The zero-order valence-corrected chi connectivity index (χ0v) is 8.97. The summed E-state index contributed by atoms with van der Waals surface area (Å²) >= 11 is 0. The van der Waals surface area contributed by atoms with Crippen molar-refractivity contribution in [1.29, 1.82) is 0 Å². The monoisotopic (exact) mass is 198 g/mol. The van der Waals surface area contributed by atoms with Crippen LogP contribution < -0.4 is 0 Å². The van der Waals surface area contributed by atoms with Gasteiger partial charge in [-0.05, 0) is 0 Å². The average Bonchev–Trinajstić information content (AvgIpc) is 1.80. The normalized spacial score (nSPS) is 8.50. The molecule has 1 N–H and O–H groups in total. The third kappa shape index (κ3) is 10.9. The Bertz CT molecular complexity index is 85.7. The van der Waals surface area contributed by atoms with Gasteiger partial charge in [-0.25, -0.2) is 4.79 Å². The summed E-state index contributed by atoms with van der Waals surface area (Å²) in [6.45, 7) is 0.527. The molecule has 4 nitrogen and oxygen atoms in total. The number of ether oxygens (including phenoxy) is 2. The number of methoxy groups -OCH3 is 1. The smallest absolute Gasteiger partial charge is 0.480 e. The Morgan fingerprint density at radius 3 is 2.50 bits per heavy atom. The van der Waals surface area contributed by atoms with Crippen LogP contribution in [0.2, 0.25) is 0 Å². The van der Waals surface area contributed by atoms with Crippen molar-refractivity contribution in [3.63, 3.8) is 0 Å². The second-order valence-corrected chi connectivity index (χ2v) is 1.44. The summed E-state index contributed by atoms with van der Waals surface area (Å²) in [4.78, 5) is 9.80. The van der Waals surface area contributed by atoms with E-state index in [1.54, 1.807) is 0 Å². The van der Waals surface area contributed by atoms with E-state index < -0.39 is 5.97 Å². The Labute approximate surface area is 72.3 Å². The summed E-state index contributed by atoms with van der Waals surface area (Å²) in [6.07, 6.45) is 0. The van der Waals surface area contributed by atoms with E-state index >= 15 is 0 Å². The fraction of sp³-hybridized carbons (Fsp3) is 0.800. The standard InChI is InChI=1S/C5H10O4.Zn/c1-8-2-3-9-4-5(6)7;/h2-4H2,1H3,(H,6,7);/q;+2. The van der Waals surface area contributed by atoms with E-state index in [0.29, 0.717) is 13.2 Å². The van der Waals surface area contributed by atoms with Crippen LogP contribution in [0.25, 0.3) is 0 Å². The summed E-state index contributed by atoms with van der Waals surface area (Å²) in [5, 5.41) is 8.05. The molecule has 0 unspecified atom stereocenters. The molecule has 0 fully saturated rings. The average molecular weight is 200 g/mol. The van der Waals surface area contributed by atoms with E-state index in [1.807, 2.05) is 0 Å². The van der Waals surface area contributed by atoms with E-state index in [9.17, 15) is 4.79 Å². The number of hydrogen-bond acceptors (Lipinski definition) is 3. The van der Waals surface area contributed by atoms with Crippen molar-refractivity contribution in [2.75, 3.05) is 26.9 Å². The maximum atomic E-state index is 9.80. The molecular weight excluding hydrogens is 189 g/mol. The first-order valence-electron chi connectivity index (χ1n) is 2.56. The van der Waals surface area contributed by atoms with Gasteiger partial charge in [-0.2, -0.15) is 0 Å². The van der Waals surface area contributed by atoms with Gasteiger partial charge in [-0.3, -0.25) is 0 Å². The van der Waals surface area contributed by atoms with E-state index in [-0.39, 0.29) is 26.1 Å². The van der Waals surface area contributed by atoms with Gasteiger partial charge in [0.05, 0.1) is 13.2 Å². The van der Waals surface area contributed by atoms with Gasteiger partial charge in [-0.15, -0.1) is 0 Å². The molecule has 0 spiro atoms. The van der Waals surface area contributed by atoms with Crippen molar-refractivity contribution in [2.45, 2.75) is 0 Å². The molecule has 0 aliphatic heterocycles. The van der Waals surface area contributed by atoms with Gasteiger partial charge in [-0.1, -0.05) is 0 Å². The number of carbonyl (C=O) groups is 1. The van der Waals surface area contributed by atoms with Crippen LogP contribution in [0, 0.1) is 0 Å². The van der Waals surface area contributed by atoms with Gasteiger partial charge in [0, 0.05) is 7.11 Å². The molecule has 0 saturated carbocycles. The number of carboxylic acid groups (broad SMARTS) is 1. The molecule has 0 aromatic carbocycles. The molecule has 54 valence electrons. The molecule has 0 aromatic rings. The minimum absolute atomic E-state index is 0. The fourth-order valence-corrected chi connectivity index (χ4v) is 0.302. The Morgan fingerprint density at radius 2 is 2.10 bits per heavy atom. The molecule has 5 heteroatoms. The third-order valence-electron chi connectivity index (χ3n) is 0.657. The fourth-order valence-electron chi connectivity index (χ4n) is 0.302. The Morgan fingerprint density at radius 1 is 1.50 bits per heavy atom. The molecule has 0 heterocycles. The van der Waals surface area contributed by atoms with Crippen LogP contribution >= 0.6 is 0 Å². The predicted octanol–water partition coefficient (Wildman–Crippen LogP) is -0.268. The number of carboxylic acids is 1. The second-order valence-electron chi connectivity index (χ2n) is 1.44. The molecule has 0 saturated heterocycles. The predicted molar refractivity (Wildman–Crippen MR) is 30.3 cm³/mol. The van der Waals surface area contributed by atoms with Crippen molar-refractivity contribution in [1.82, 2.24) is 0 Å². The van der Waals surface area contributed by atoms with Gasteiger partial charge >= 0.3 is 25.4 Å². The van der Waals surface area contributed by atoms with Crippen LogP contribution in [0.3, 0.4) is 0 Å². The number of hydrogen-bond donors (Lipinski definition) is 1. The minimum Gasteiger partial charge on any atom is -0.480 e. The first-order chi connectivity index (χ1) is 4.27. The largest absolute Gasteiger partial charge is 2.00 e. The summed E-state index contributed by atoms with van der Waals surface area (Å²) in [7, 11) is 1.53. The van der Waals surface area contributed by atoms with Crippen molar-refractivity contribution >= 4 is 5.97 Å². The second kappa shape index (κ2) is 9.01. The molecule has 0 bridgehead atoms. The molecule has 0 aromatic heterocycles. The van der Waals surface area contributed by atoms with Crippen molar-refractivity contribution in [3.05, 3.63) is 0 Å². The SMILES string of the molecule is COCCOCC(=O)O.[Zn+2]. The molecule has 10 heavy (non-hydrogen) atoms. The van der Waals surface area contributed by atoms with Crippen LogP contribution in [-0.2, 0) is 33.7 Å². The molecule has 0 aliphatic carbocycles. The van der Waals surface area contributed by atoms with Crippen LogP contribution in [0.1, 0.15) is 0 Å². The molecular formula is C5H10O4Zn+2. The van der Waals surface area contributed by atoms with Crippen LogP contribution in [0.15, 0.2) is 0 Å². The van der Waals surface area contributed by atoms with Crippen molar-refractivity contribution in [2.24, 2.45) is 0 Å². The van der Waals surface area contributed by atoms with Crippen LogP contribution in [0.5, 0.6) is 0 Å². The first kappa shape index (κ1) is 12.7. The maximum absolute atomic E-state index is 9.80. The summed E-state index contributed by atoms with van der Waals surface area (Å²) < 4.78 is 9.22.